The van der Waals surface area contributed by atoms with Gasteiger partial charge in [-0.1, -0.05) is 0 Å². The lowest BCUT2D eigenvalue weighted by Gasteiger charge is -2.01. The summed E-state index contributed by atoms with van der Waals surface area (Å²) >= 11 is 0. The molecule has 0 spiro atoms. The highest BCUT2D eigenvalue weighted by Gasteiger charge is 2.10. The zero-order valence-corrected chi connectivity index (χ0v) is 6.70. The maximum atomic E-state index is 6.84. The Kier molecular flexibility index (Phi) is 2.22. The SMILES string of the molecule is [C-]#[N+]C(C)c1cccnc1C. The Hall–Kier alpha value is -1.36. The van der Waals surface area contributed by atoms with E-state index in [4.69, 9.17) is 6.57 Å². The van der Waals surface area contributed by atoms with Crippen molar-refractivity contribution in [3.05, 3.63) is 41.0 Å². The maximum Gasteiger partial charge on any atom is 0.247 e. The third kappa shape index (κ3) is 1.56. The molecule has 0 amide bonds. The van der Waals surface area contributed by atoms with E-state index in [1.165, 1.54) is 0 Å². The first-order valence-electron chi connectivity index (χ1n) is 3.53. The largest absolute Gasteiger partial charge is 0.309 e. The molecule has 2 heteroatoms. The lowest BCUT2D eigenvalue weighted by atomic mass is 10.1. The van der Waals surface area contributed by atoms with Gasteiger partial charge in [0, 0.05) is 18.8 Å². The van der Waals surface area contributed by atoms with Gasteiger partial charge >= 0.3 is 0 Å². The number of hydrogen-bond donors (Lipinski definition) is 0. The molecule has 0 bridgehead atoms. The van der Waals surface area contributed by atoms with Crippen LogP contribution in [0.25, 0.3) is 4.85 Å². The van der Waals surface area contributed by atoms with Crippen molar-refractivity contribution < 1.29 is 0 Å². The number of pyridine rings is 1. The molecule has 11 heavy (non-hydrogen) atoms. The van der Waals surface area contributed by atoms with Crippen LogP contribution in [0.5, 0.6) is 0 Å². The molecule has 0 N–H and O–H groups in total. The van der Waals surface area contributed by atoms with Crippen LogP contribution in [0.4, 0.5) is 0 Å². The standard InChI is InChI=1S/C9H10N2/c1-7(10-3)9-5-4-6-11-8(9)2/h4-7H,1-2H3. The van der Waals surface area contributed by atoms with Crippen LogP contribution in [0.1, 0.15) is 24.2 Å². The second-order valence-electron chi connectivity index (χ2n) is 2.48. The van der Waals surface area contributed by atoms with Crippen LogP contribution in [0.15, 0.2) is 18.3 Å². The summed E-state index contributed by atoms with van der Waals surface area (Å²) in [5, 5.41) is 0. The first-order chi connectivity index (χ1) is 5.25. The highest BCUT2D eigenvalue weighted by molar-refractivity contribution is 5.23. The van der Waals surface area contributed by atoms with Crippen molar-refractivity contribution in [2.45, 2.75) is 19.9 Å². The third-order valence-electron chi connectivity index (χ3n) is 1.69. The van der Waals surface area contributed by atoms with E-state index < -0.39 is 0 Å². The Morgan fingerprint density at radius 3 is 2.91 bits per heavy atom. The molecule has 56 valence electrons. The quantitative estimate of drug-likeness (QED) is 0.556. The molecule has 1 heterocycles. The zero-order chi connectivity index (χ0) is 8.27. The number of rotatable bonds is 1. The summed E-state index contributed by atoms with van der Waals surface area (Å²) in [7, 11) is 0. The summed E-state index contributed by atoms with van der Waals surface area (Å²) in [6.45, 7) is 10.7. The molecule has 1 aromatic rings. The van der Waals surface area contributed by atoms with Crippen molar-refractivity contribution in [2.75, 3.05) is 0 Å². The van der Waals surface area contributed by atoms with E-state index >= 15 is 0 Å². The third-order valence-corrected chi connectivity index (χ3v) is 1.69. The molecule has 1 rings (SSSR count). The second kappa shape index (κ2) is 3.16. The minimum Gasteiger partial charge on any atom is -0.309 e. The Bertz CT molecular complexity index is 286. The first kappa shape index (κ1) is 7.74. The summed E-state index contributed by atoms with van der Waals surface area (Å²) in [4.78, 5) is 7.53. The first-order valence-corrected chi connectivity index (χ1v) is 3.53. The van der Waals surface area contributed by atoms with E-state index in [0.29, 0.717) is 0 Å². The summed E-state index contributed by atoms with van der Waals surface area (Å²) in [5.41, 5.74) is 1.98. The van der Waals surface area contributed by atoms with Gasteiger partial charge in [-0.25, -0.2) is 6.57 Å². The molecule has 0 radical (unpaired) electrons. The van der Waals surface area contributed by atoms with E-state index in [1.54, 1.807) is 6.20 Å². The Morgan fingerprint density at radius 2 is 2.36 bits per heavy atom. The van der Waals surface area contributed by atoms with Crippen molar-refractivity contribution in [2.24, 2.45) is 0 Å². The predicted molar refractivity (Wildman–Crippen MR) is 44.0 cm³/mol. The topological polar surface area (TPSA) is 17.2 Å². The highest BCUT2D eigenvalue weighted by Crippen LogP contribution is 2.17. The summed E-state index contributed by atoms with van der Waals surface area (Å²) in [6.07, 6.45) is 1.75. The number of hydrogen-bond acceptors (Lipinski definition) is 1. The monoisotopic (exact) mass is 146 g/mol. The molecule has 0 aliphatic heterocycles. The van der Waals surface area contributed by atoms with Crippen molar-refractivity contribution in [3.8, 4) is 0 Å². The lowest BCUT2D eigenvalue weighted by molar-refractivity contribution is 0.923. The van der Waals surface area contributed by atoms with Gasteiger partial charge in [-0.3, -0.25) is 4.98 Å². The molecular weight excluding hydrogens is 136 g/mol. The van der Waals surface area contributed by atoms with Gasteiger partial charge in [-0.15, -0.1) is 0 Å². The van der Waals surface area contributed by atoms with Crippen LogP contribution in [-0.2, 0) is 0 Å². The predicted octanol–water partition coefficient (Wildman–Crippen LogP) is 2.37. The molecule has 0 saturated heterocycles. The van der Waals surface area contributed by atoms with Crippen LogP contribution in [0.2, 0.25) is 0 Å². The number of aryl methyl sites for hydroxylation is 1. The fraction of sp³-hybridized carbons (Fsp3) is 0.333. The smallest absolute Gasteiger partial charge is 0.247 e. The molecular formula is C9H10N2. The minimum atomic E-state index is -0.0660. The Labute approximate surface area is 66.7 Å². The van der Waals surface area contributed by atoms with Gasteiger partial charge < -0.3 is 4.85 Å². The van der Waals surface area contributed by atoms with Gasteiger partial charge in [0.25, 0.3) is 0 Å². The van der Waals surface area contributed by atoms with Gasteiger partial charge in [-0.2, -0.15) is 0 Å². The normalized spacial score (nSPS) is 12.1. The van der Waals surface area contributed by atoms with E-state index in [1.807, 2.05) is 26.0 Å². The van der Waals surface area contributed by atoms with E-state index in [-0.39, 0.29) is 6.04 Å². The molecule has 2 nitrogen and oxygen atoms in total. The molecule has 1 atom stereocenters. The summed E-state index contributed by atoms with van der Waals surface area (Å²) in [6, 6.07) is 3.75. The fourth-order valence-corrected chi connectivity index (χ4v) is 1.01. The lowest BCUT2D eigenvalue weighted by Crippen LogP contribution is -1.92. The molecule has 1 unspecified atom stereocenters. The highest BCUT2D eigenvalue weighted by atomic mass is 14.7. The van der Waals surface area contributed by atoms with Gasteiger partial charge in [0.05, 0.1) is 5.56 Å². The van der Waals surface area contributed by atoms with Gasteiger partial charge in [-0.05, 0) is 19.1 Å². The molecule has 0 aromatic carbocycles. The molecule has 1 aromatic heterocycles. The van der Waals surface area contributed by atoms with E-state index in [2.05, 4.69) is 9.83 Å². The van der Waals surface area contributed by atoms with Crippen molar-refractivity contribution in [1.29, 1.82) is 0 Å². The van der Waals surface area contributed by atoms with E-state index in [0.717, 1.165) is 11.3 Å². The van der Waals surface area contributed by atoms with Crippen LogP contribution in [-0.4, -0.2) is 4.98 Å². The molecule has 0 fully saturated rings. The minimum absolute atomic E-state index is 0.0660. The Morgan fingerprint density at radius 1 is 1.64 bits per heavy atom. The van der Waals surface area contributed by atoms with Crippen molar-refractivity contribution >= 4 is 0 Å². The fourth-order valence-electron chi connectivity index (χ4n) is 1.01. The van der Waals surface area contributed by atoms with E-state index in [9.17, 15) is 0 Å². The number of aromatic nitrogens is 1. The molecule has 0 aliphatic rings. The maximum absolute atomic E-state index is 6.84. The van der Waals surface area contributed by atoms with Crippen molar-refractivity contribution in [1.82, 2.24) is 4.98 Å². The average Bonchev–Trinajstić information content (AvgIpc) is 2.04. The molecule has 0 saturated carbocycles. The van der Waals surface area contributed by atoms with Crippen molar-refractivity contribution in [3.63, 3.8) is 0 Å². The Balaban J connectivity index is 3.05. The van der Waals surface area contributed by atoms with Crippen LogP contribution < -0.4 is 0 Å². The van der Waals surface area contributed by atoms with Gasteiger partial charge in [0.2, 0.25) is 6.04 Å². The zero-order valence-electron chi connectivity index (χ0n) is 6.70. The van der Waals surface area contributed by atoms with Gasteiger partial charge in [0.15, 0.2) is 0 Å². The van der Waals surface area contributed by atoms with Crippen LogP contribution in [0, 0.1) is 13.5 Å². The van der Waals surface area contributed by atoms with Crippen LogP contribution in [0.3, 0.4) is 0 Å². The molecule has 0 aliphatic carbocycles. The summed E-state index contributed by atoms with van der Waals surface area (Å²) < 4.78 is 0. The van der Waals surface area contributed by atoms with Crippen LogP contribution >= 0.6 is 0 Å². The second-order valence-corrected chi connectivity index (χ2v) is 2.48. The van der Waals surface area contributed by atoms with Gasteiger partial charge in [0.1, 0.15) is 0 Å². The average molecular weight is 146 g/mol. The number of nitrogens with zero attached hydrogens (tertiary/aromatic N) is 2. The summed E-state index contributed by atoms with van der Waals surface area (Å²) in [5.74, 6) is 0.